The summed E-state index contributed by atoms with van der Waals surface area (Å²) in [5, 5.41) is 3.85. The van der Waals surface area contributed by atoms with E-state index in [0.717, 1.165) is 15.2 Å². The summed E-state index contributed by atoms with van der Waals surface area (Å²) in [6, 6.07) is 9.53. The van der Waals surface area contributed by atoms with E-state index in [1.165, 1.54) is 0 Å². The molecule has 0 saturated carbocycles. The molecule has 0 bridgehead atoms. The van der Waals surface area contributed by atoms with Crippen molar-refractivity contribution in [2.45, 2.75) is 13.5 Å². The van der Waals surface area contributed by atoms with Gasteiger partial charge in [-0.15, -0.1) is 0 Å². The Labute approximate surface area is 125 Å². The minimum atomic E-state index is 0.607. The highest BCUT2D eigenvalue weighted by atomic mass is 127. The molecule has 0 spiro atoms. The highest BCUT2D eigenvalue weighted by molar-refractivity contribution is 14.1. The number of benzene rings is 1. The van der Waals surface area contributed by atoms with Gasteiger partial charge in [0, 0.05) is 5.69 Å². The van der Waals surface area contributed by atoms with Gasteiger partial charge in [-0.2, -0.15) is 0 Å². The highest BCUT2D eigenvalue weighted by Gasteiger charge is 2.03. The average molecular weight is 378 g/mol. The van der Waals surface area contributed by atoms with Crippen LogP contribution in [0.5, 0.6) is 5.75 Å². The number of rotatable bonds is 5. The summed E-state index contributed by atoms with van der Waals surface area (Å²) in [6.07, 6.45) is 0. The molecule has 0 amide bonds. The molecule has 5 heteroatoms. The second kappa shape index (κ2) is 6.33. The number of nitrogens with one attached hydrogen (secondary N) is 1. The van der Waals surface area contributed by atoms with Crippen LogP contribution in [0.4, 0.5) is 5.69 Å². The zero-order chi connectivity index (χ0) is 13.0. The van der Waals surface area contributed by atoms with E-state index in [1.54, 1.807) is 0 Å². The molecule has 1 aromatic carbocycles. The number of hydrogen-bond acceptors (Lipinski definition) is 3. The van der Waals surface area contributed by atoms with Gasteiger partial charge in [-0.3, -0.25) is 0 Å². The predicted molar refractivity (Wildman–Crippen MR) is 81.4 cm³/mol. The Bertz CT molecular complexity index is 527. The van der Waals surface area contributed by atoms with Crippen molar-refractivity contribution in [3.63, 3.8) is 0 Å². The lowest BCUT2D eigenvalue weighted by Crippen LogP contribution is -1.99. The summed E-state index contributed by atoms with van der Waals surface area (Å²) >= 11 is 8.25. The smallest absolute Gasteiger partial charge is 0.164 e. The van der Waals surface area contributed by atoms with E-state index in [4.69, 9.17) is 20.8 Å². The first-order valence-electron chi connectivity index (χ1n) is 5.59. The number of ether oxygens (including phenoxy) is 1. The first-order chi connectivity index (χ1) is 8.69. The third-order valence-corrected chi connectivity index (χ3v) is 3.20. The van der Waals surface area contributed by atoms with E-state index >= 15 is 0 Å². The van der Waals surface area contributed by atoms with Crippen molar-refractivity contribution in [1.82, 2.24) is 0 Å². The molecule has 0 aliphatic rings. The second-order valence-electron chi connectivity index (χ2n) is 3.64. The molecule has 96 valence electrons. The second-order valence-corrected chi connectivity index (χ2v) is 5.11. The Morgan fingerprint density at radius 1 is 1.33 bits per heavy atom. The van der Waals surface area contributed by atoms with Gasteiger partial charge in [-0.1, -0.05) is 11.6 Å². The molecule has 1 heterocycles. The van der Waals surface area contributed by atoms with Crippen LogP contribution >= 0.6 is 34.2 Å². The fraction of sp³-hybridized carbons (Fsp3) is 0.231. The van der Waals surface area contributed by atoms with Crippen LogP contribution in [0, 0.1) is 3.77 Å². The monoisotopic (exact) mass is 377 g/mol. The first-order valence-corrected chi connectivity index (χ1v) is 7.05. The van der Waals surface area contributed by atoms with Crippen LogP contribution in [-0.2, 0) is 6.54 Å². The van der Waals surface area contributed by atoms with Crippen LogP contribution in [0.3, 0.4) is 0 Å². The van der Waals surface area contributed by atoms with E-state index < -0.39 is 0 Å². The molecule has 0 radical (unpaired) electrons. The first kappa shape index (κ1) is 13.5. The minimum Gasteiger partial charge on any atom is -0.492 e. The Balaban J connectivity index is 1.99. The van der Waals surface area contributed by atoms with Crippen LogP contribution in [0.1, 0.15) is 12.7 Å². The van der Waals surface area contributed by atoms with Gasteiger partial charge in [0.1, 0.15) is 11.5 Å². The van der Waals surface area contributed by atoms with Gasteiger partial charge in [-0.25, -0.2) is 0 Å². The predicted octanol–water partition coefficient (Wildman–Crippen LogP) is 4.55. The number of hydrogen-bond donors (Lipinski definition) is 1. The highest BCUT2D eigenvalue weighted by Crippen LogP contribution is 2.27. The third kappa shape index (κ3) is 3.55. The molecule has 0 atom stereocenters. The molecule has 0 saturated heterocycles. The molecule has 2 rings (SSSR count). The van der Waals surface area contributed by atoms with Crippen molar-refractivity contribution in [3.05, 3.63) is 44.9 Å². The van der Waals surface area contributed by atoms with Crippen LogP contribution in [0.15, 0.2) is 34.7 Å². The molecule has 18 heavy (non-hydrogen) atoms. The Kier molecular flexibility index (Phi) is 4.77. The van der Waals surface area contributed by atoms with Crippen molar-refractivity contribution in [2.24, 2.45) is 0 Å². The molecule has 1 aromatic heterocycles. The molecule has 0 unspecified atom stereocenters. The fourth-order valence-electron chi connectivity index (χ4n) is 1.52. The molecule has 2 aromatic rings. The molecule has 3 nitrogen and oxygen atoms in total. The zero-order valence-electron chi connectivity index (χ0n) is 9.87. The number of furan rings is 1. The Hall–Kier alpha value is -0.880. The normalized spacial score (nSPS) is 10.4. The van der Waals surface area contributed by atoms with Crippen LogP contribution in [0.2, 0.25) is 5.02 Å². The molecular formula is C13H13ClINO2. The zero-order valence-corrected chi connectivity index (χ0v) is 12.8. The van der Waals surface area contributed by atoms with Crippen LogP contribution < -0.4 is 10.1 Å². The summed E-state index contributed by atoms with van der Waals surface area (Å²) in [6.45, 7) is 3.17. The minimum absolute atomic E-state index is 0.607. The Morgan fingerprint density at radius 2 is 2.17 bits per heavy atom. The summed E-state index contributed by atoms with van der Waals surface area (Å²) < 4.78 is 11.7. The molecule has 0 fully saturated rings. The summed E-state index contributed by atoms with van der Waals surface area (Å²) in [4.78, 5) is 0. The Morgan fingerprint density at radius 3 is 2.78 bits per heavy atom. The van der Waals surface area contributed by atoms with Crippen molar-refractivity contribution in [2.75, 3.05) is 11.9 Å². The van der Waals surface area contributed by atoms with Crippen molar-refractivity contribution in [1.29, 1.82) is 0 Å². The van der Waals surface area contributed by atoms with Gasteiger partial charge in [0.2, 0.25) is 0 Å². The van der Waals surface area contributed by atoms with Gasteiger partial charge < -0.3 is 14.5 Å². The third-order valence-electron chi connectivity index (χ3n) is 2.33. The fourth-order valence-corrected chi connectivity index (χ4v) is 2.22. The van der Waals surface area contributed by atoms with Gasteiger partial charge in [-0.05, 0) is 59.8 Å². The van der Waals surface area contributed by atoms with E-state index in [-0.39, 0.29) is 0 Å². The SMILES string of the molecule is CCOc1ccc(NCc2ccc(I)o2)cc1Cl. The van der Waals surface area contributed by atoms with E-state index in [9.17, 15) is 0 Å². The topological polar surface area (TPSA) is 34.4 Å². The number of anilines is 1. The van der Waals surface area contributed by atoms with Crippen LogP contribution in [-0.4, -0.2) is 6.61 Å². The quantitative estimate of drug-likeness (QED) is 0.776. The molecule has 0 aliphatic carbocycles. The van der Waals surface area contributed by atoms with Crippen molar-refractivity contribution in [3.8, 4) is 5.75 Å². The van der Waals surface area contributed by atoms with Gasteiger partial charge in [0.15, 0.2) is 3.77 Å². The van der Waals surface area contributed by atoms with Gasteiger partial charge in [0.05, 0.1) is 18.2 Å². The van der Waals surface area contributed by atoms with E-state index in [2.05, 4.69) is 27.9 Å². The maximum Gasteiger partial charge on any atom is 0.164 e. The summed E-state index contributed by atoms with van der Waals surface area (Å²) in [7, 11) is 0. The van der Waals surface area contributed by atoms with Crippen molar-refractivity contribution >= 4 is 39.9 Å². The lowest BCUT2D eigenvalue weighted by atomic mass is 10.3. The maximum atomic E-state index is 6.10. The lowest BCUT2D eigenvalue weighted by molar-refractivity contribution is 0.340. The molecule has 1 N–H and O–H groups in total. The standard InChI is InChI=1S/C13H13ClINO2/c1-2-17-12-5-3-9(7-11(12)14)16-8-10-4-6-13(15)18-10/h3-7,16H,2,8H2,1H3. The summed E-state index contributed by atoms with van der Waals surface area (Å²) in [5.41, 5.74) is 0.940. The summed E-state index contributed by atoms with van der Waals surface area (Å²) in [5.74, 6) is 1.60. The van der Waals surface area contributed by atoms with E-state index in [1.807, 2.05) is 37.3 Å². The van der Waals surface area contributed by atoms with Crippen molar-refractivity contribution < 1.29 is 9.15 Å². The number of halogens is 2. The van der Waals surface area contributed by atoms with Gasteiger partial charge >= 0.3 is 0 Å². The molecule has 0 aliphatic heterocycles. The lowest BCUT2D eigenvalue weighted by Gasteiger charge is -2.09. The largest absolute Gasteiger partial charge is 0.492 e. The van der Waals surface area contributed by atoms with Gasteiger partial charge in [0.25, 0.3) is 0 Å². The average Bonchev–Trinajstić information content (AvgIpc) is 2.76. The van der Waals surface area contributed by atoms with E-state index in [0.29, 0.717) is 23.9 Å². The van der Waals surface area contributed by atoms with Crippen LogP contribution in [0.25, 0.3) is 0 Å². The maximum absolute atomic E-state index is 6.10. The molecular weight excluding hydrogens is 365 g/mol.